The fourth-order valence-electron chi connectivity index (χ4n) is 5.27. The Balaban J connectivity index is 1.15. The van der Waals surface area contributed by atoms with E-state index in [0.29, 0.717) is 49.4 Å². The van der Waals surface area contributed by atoms with Crippen molar-refractivity contribution in [3.8, 4) is 17.3 Å². The van der Waals surface area contributed by atoms with Crippen LogP contribution in [0.25, 0.3) is 11.4 Å². The van der Waals surface area contributed by atoms with Crippen molar-refractivity contribution in [3.05, 3.63) is 72.3 Å². The van der Waals surface area contributed by atoms with Crippen LogP contribution in [-0.2, 0) is 24.5 Å². The standard InChI is InChI=1S/C30H32F3N9O3/c1-41-12-11-24(40-41)25-15-35-26(16-34-25)42(29(43)37-13-19-5-3-2-4-6-19)21-9-7-20(8-10-21)38-28-36-14-23(30(31,32)33)27(39-28)45-22-17-44-18-22/h2-6,11-12,14-16,20-22H,7-10,13,17-18H2,1H3,(H,37,43)(H,36,38,39)/t20-,21-. The van der Waals surface area contributed by atoms with Crippen molar-refractivity contribution in [2.75, 3.05) is 23.4 Å². The van der Waals surface area contributed by atoms with Gasteiger partial charge in [0.15, 0.2) is 5.82 Å². The normalized spacial score (nSPS) is 18.6. The summed E-state index contributed by atoms with van der Waals surface area (Å²) in [6.07, 6.45) is 3.01. The van der Waals surface area contributed by atoms with Crippen molar-refractivity contribution in [2.24, 2.45) is 7.05 Å². The van der Waals surface area contributed by atoms with Crippen LogP contribution >= 0.6 is 0 Å². The number of amides is 2. The quantitative estimate of drug-likeness (QED) is 0.275. The molecule has 2 fully saturated rings. The van der Waals surface area contributed by atoms with Gasteiger partial charge in [-0.25, -0.2) is 19.7 Å². The molecular formula is C30H32F3N9O3. The van der Waals surface area contributed by atoms with Gasteiger partial charge in [-0.2, -0.15) is 23.3 Å². The number of hydrogen-bond donors (Lipinski definition) is 2. The maximum Gasteiger partial charge on any atom is 0.423 e. The molecule has 3 aromatic heterocycles. The first-order valence-corrected chi connectivity index (χ1v) is 14.6. The maximum atomic E-state index is 13.6. The highest BCUT2D eigenvalue weighted by molar-refractivity contribution is 5.91. The SMILES string of the molecule is Cn1ccc(-c2cnc(N(C(=O)NCc3ccccc3)[C@H]3CC[C@H](Nc4ncc(C(F)(F)F)c(OC5COC5)n4)CC3)cn2)n1. The van der Waals surface area contributed by atoms with E-state index in [1.54, 1.807) is 22.0 Å². The van der Waals surface area contributed by atoms with Crippen LogP contribution in [0.2, 0.25) is 0 Å². The van der Waals surface area contributed by atoms with Crippen LogP contribution in [0.5, 0.6) is 5.88 Å². The molecule has 1 saturated heterocycles. The number of hydrogen-bond acceptors (Lipinski definition) is 9. The zero-order chi connectivity index (χ0) is 31.4. The first-order valence-electron chi connectivity index (χ1n) is 14.6. The fraction of sp³-hybridized carbons (Fsp3) is 0.400. The number of carbonyl (C=O) groups is 1. The van der Waals surface area contributed by atoms with Gasteiger partial charge < -0.3 is 20.1 Å². The molecule has 12 nitrogen and oxygen atoms in total. The van der Waals surface area contributed by atoms with Gasteiger partial charge in [0.1, 0.15) is 23.1 Å². The third-order valence-corrected chi connectivity index (χ3v) is 7.71. The van der Waals surface area contributed by atoms with E-state index in [-0.39, 0.29) is 37.3 Å². The number of halogens is 3. The Labute approximate surface area is 257 Å². The highest BCUT2D eigenvalue weighted by atomic mass is 19.4. The van der Waals surface area contributed by atoms with E-state index in [1.807, 2.05) is 49.6 Å². The third-order valence-electron chi connectivity index (χ3n) is 7.71. The molecule has 1 aliphatic heterocycles. The maximum absolute atomic E-state index is 13.6. The van der Waals surface area contributed by atoms with E-state index in [9.17, 15) is 18.0 Å². The van der Waals surface area contributed by atoms with Crippen molar-refractivity contribution in [3.63, 3.8) is 0 Å². The summed E-state index contributed by atoms with van der Waals surface area (Å²) in [5.74, 6) is -0.0596. The molecule has 4 aromatic rings. The molecule has 1 saturated carbocycles. The number of alkyl halides is 3. The minimum atomic E-state index is -4.65. The number of carbonyl (C=O) groups excluding carboxylic acids is 1. The zero-order valence-corrected chi connectivity index (χ0v) is 24.4. The van der Waals surface area contributed by atoms with Gasteiger partial charge in [-0.1, -0.05) is 30.3 Å². The molecule has 236 valence electrons. The summed E-state index contributed by atoms with van der Waals surface area (Å²) in [7, 11) is 1.82. The molecule has 2 N–H and O–H groups in total. The summed E-state index contributed by atoms with van der Waals surface area (Å²) in [6.45, 7) is 0.759. The van der Waals surface area contributed by atoms with Crippen LogP contribution < -0.4 is 20.3 Å². The number of aryl methyl sites for hydroxylation is 1. The average Bonchev–Trinajstić information content (AvgIpc) is 3.45. The van der Waals surface area contributed by atoms with Gasteiger partial charge in [0, 0.05) is 38.1 Å². The lowest BCUT2D eigenvalue weighted by molar-refractivity contribution is -0.142. The van der Waals surface area contributed by atoms with Crippen LogP contribution in [0.3, 0.4) is 0 Å². The predicted octanol–water partition coefficient (Wildman–Crippen LogP) is 4.60. The second kappa shape index (κ2) is 13.1. The fourth-order valence-corrected chi connectivity index (χ4v) is 5.27. The molecule has 15 heteroatoms. The summed E-state index contributed by atoms with van der Waals surface area (Å²) in [5, 5.41) is 10.5. The molecule has 2 aliphatic rings. The minimum Gasteiger partial charge on any atom is -0.469 e. The van der Waals surface area contributed by atoms with Crippen molar-refractivity contribution < 1.29 is 27.4 Å². The largest absolute Gasteiger partial charge is 0.469 e. The van der Waals surface area contributed by atoms with E-state index in [1.165, 1.54) is 0 Å². The van der Waals surface area contributed by atoms with Gasteiger partial charge in [-0.05, 0) is 37.3 Å². The Morgan fingerprint density at radius 3 is 2.42 bits per heavy atom. The molecule has 45 heavy (non-hydrogen) atoms. The number of ether oxygens (including phenoxy) is 2. The van der Waals surface area contributed by atoms with Gasteiger partial charge in [-0.3, -0.25) is 9.58 Å². The molecule has 0 radical (unpaired) electrons. The van der Waals surface area contributed by atoms with Gasteiger partial charge in [0.05, 0.1) is 25.6 Å². The molecule has 0 spiro atoms. The highest BCUT2D eigenvalue weighted by Gasteiger charge is 2.38. The Hall–Kier alpha value is -4.79. The third kappa shape index (κ3) is 7.30. The Kier molecular flexibility index (Phi) is 8.78. The van der Waals surface area contributed by atoms with E-state index in [4.69, 9.17) is 9.47 Å². The summed E-state index contributed by atoms with van der Waals surface area (Å²) in [5.41, 5.74) is 1.18. The zero-order valence-electron chi connectivity index (χ0n) is 24.4. The van der Waals surface area contributed by atoms with Crippen LogP contribution in [0.4, 0.5) is 29.7 Å². The molecule has 4 heterocycles. The van der Waals surface area contributed by atoms with Crippen LogP contribution in [0.15, 0.2) is 61.2 Å². The number of urea groups is 1. The Morgan fingerprint density at radius 1 is 1.02 bits per heavy atom. The van der Waals surface area contributed by atoms with E-state index in [2.05, 4.69) is 35.7 Å². The number of nitrogens with one attached hydrogen (secondary N) is 2. The first kappa shape index (κ1) is 30.2. The van der Waals surface area contributed by atoms with Crippen LogP contribution in [0, 0.1) is 0 Å². The van der Waals surface area contributed by atoms with Crippen molar-refractivity contribution >= 4 is 17.8 Å². The Bertz CT molecular complexity index is 1590. The second-order valence-corrected chi connectivity index (χ2v) is 11.0. The summed E-state index contributed by atoms with van der Waals surface area (Å²) in [4.78, 5) is 32.3. The first-order chi connectivity index (χ1) is 21.7. The molecule has 1 aromatic carbocycles. The minimum absolute atomic E-state index is 0.0510. The molecule has 6 rings (SSSR count). The molecule has 0 atom stereocenters. The molecule has 2 amide bonds. The van der Waals surface area contributed by atoms with Gasteiger partial charge in [-0.15, -0.1) is 0 Å². The average molecular weight is 624 g/mol. The second-order valence-electron chi connectivity index (χ2n) is 11.0. The van der Waals surface area contributed by atoms with E-state index < -0.39 is 23.7 Å². The topological polar surface area (TPSA) is 132 Å². The lowest BCUT2D eigenvalue weighted by Crippen LogP contribution is -2.49. The van der Waals surface area contributed by atoms with Crippen LogP contribution in [-0.4, -0.2) is 67.1 Å². The lowest BCUT2D eigenvalue weighted by Gasteiger charge is -2.36. The number of rotatable bonds is 9. The monoisotopic (exact) mass is 623 g/mol. The summed E-state index contributed by atoms with van der Waals surface area (Å²) >= 11 is 0. The van der Waals surface area contributed by atoms with Gasteiger partial charge in [0.2, 0.25) is 11.8 Å². The summed E-state index contributed by atoms with van der Waals surface area (Å²) in [6, 6.07) is 10.8. The number of benzene rings is 1. The molecule has 1 aliphatic carbocycles. The predicted molar refractivity (Wildman–Crippen MR) is 157 cm³/mol. The highest BCUT2D eigenvalue weighted by Crippen LogP contribution is 2.36. The van der Waals surface area contributed by atoms with Crippen molar-refractivity contribution in [1.29, 1.82) is 0 Å². The molecular weight excluding hydrogens is 591 g/mol. The lowest BCUT2D eigenvalue weighted by atomic mass is 9.90. The summed E-state index contributed by atoms with van der Waals surface area (Å²) < 4.78 is 52.7. The molecule has 0 unspecified atom stereocenters. The van der Waals surface area contributed by atoms with Gasteiger partial charge >= 0.3 is 12.2 Å². The smallest absolute Gasteiger partial charge is 0.423 e. The van der Waals surface area contributed by atoms with Crippen molar-refractivity contribution in [1.82, 2.24) is 35.0 Å². The van der Waals surface area contributed by atoms with Gasteiger partial charge in [0.25, 0.3) is 0 Å². The number of aromatic nitrogens is 6. The van der Waals surface area contributed by atoms with E-state index in [0.717, 1.165) is 11.8 Å². The van der Waals surface area contributed by atoms with E-state index >= 15 is 0 Å². The van der Waals surface area contributed by atoms with Crippen LogP contribution in [0.1, 0.15) is 36.8 Å². The van der Waals surface area contributed by atoms with Crippen molar-refractivity contribution in [2.45, 2.75) is 56.6 Å². The molecule has 0 bridgehead atoms. The number of anilines is 2. The number of nitrogens with zero attached hydrogens (tertiary/aromatic N) is 7. The Morgan fingerprint density at radius 2 is 1.80 bits per heavy atom.